The molecule has 0 radical (unpaired) electrons. The largest absolute Gasteiger partial charge is 0.409 e. The third-order valence-corrected chi connectivity index (χ3v) is 3.52. The molecule has 0 spiro atoms. The van der Waals surface area contributed by atoms with Gasteiger partial charge in [0.2, 0.25) is 0 Å². The molecular weight excluding hydrogens is 264 g/mol. The van der Waals surface area contributed by atoms with Crippen molar-refractivity contribution in [3.8, 4) is 0 Å². The van der Waals surface area contributed by atoms with E-state index in [0.29, 0.717) is 6.42 Å². The van der Waals surface area contributed by atoms with Crippen LogP contribution < -0.4 is 11.1 Å². The number of nitrogens with two attached hydrogens (primary N) is 1. The number of rotatable bonds is 10. The number of oxime groups is 1. The summed E-state index contributed by atoms with van der Waals surface area (Å²) in [6.07, 6.45) is 2.64. The molecule has 1 rings (SSSR count). The molecule has 21 heavy (non-hydrogen) atoms. The van der Waals surface area contributed by atoms with Gasteiger partial charge in [0.25, 0.3) is 0 Å². The number of hydrogen-bond acceptors (Lipinski definition) is 4. The summed E-state index contributed by atoms with van der Waals surface area (Å²) in [5.41, 5.74) is 6.88. The van der Waals surface area contributed by atoms with Crippen LogP contribution in [0.1, 0.15) is 31.7 Å². The molecule has 0 amide bonds. The van der Waals surface area contributed by atoms with Crippen LogP contribution in [0.25, 0.3) is 0 Å². The van der Waals surface area contributed by atoms with Gasteiger partial charge in [0.05, 0.1) is 0 Å². The summed E-state index contributed by atoms with van der Waals surface area (Å²) in [5, 5.41) is 15.1. The maximum absolute atomic E-state index is 8.59. The Bertz CT molecular complexity index is 408. The van der Waals surface area contributed by atoms with Gasteiger partial charge in [0.1, 0.15) is 5.84 Å². The Morgan fingerprint density at radius 3 is 2.71 bits per heavy atom. The lowest BCUT2D eigenvalue weighted by molar-refractivity contribution is 0.311. The summed E-state index contributed by atoms with van der Waals surface area (Å²) in [6.45, 7) is 5.06. The molecule has 0 saturated heterocycles. The highest BCUT2D eigenvalue weighted by molar-refractivity contribution is 5.80. The van der Waals surface area contributed by atoms with Gasteiger partial charge < -0.3 is 21.2 Å². The van der Waals surface area contributed by atoms with E-state index in [4.69, 9.17) is 10.9 Å². The summed E-state index contributed by atoms with van der Waals surface area (Å²) in [4.78, 5) is 2.32. The third-order valence-electron chi connectivity index (χ3n) is 3.52. The van der Waals surface area contributed by atoms with Crippen molar-refractivity contribution in [2.24, 2.45) is 10.9 Å². The average molecular weight is 292 g/mol. The topological polar surface area (TPSA) is 73.9 Å². The zero-order valence-electron chi connectivity index (χ0n) is 13.1. The van der Waals surface area contributed by atoms with Crippen LogP contribution in [0, 0.1) is 0 Å². The second-order valence-electron chi connectivity index (χ2n) is 5.43. The average Bonchev–Trinajstić information content (AvgIpc) is 2.51. The molecule has 0 saturated carbocycles. The summed E-state index contributed by atoms with van der Waals surface area (Å²) in [7, 11) is 2.14. The molecule has 1 atom stereocenters. The molecule has 5 heteroatoms. The van der Waals surface area contributed by atoms with E-state index in [9.17, 15) is 0 Å². The number of benzene rings is 1. The highest BCUT2D eigenvalue weighted by Gasteiger charge is 2.08. The van der Waals surface area contributed by atoms with Crippen molar-refractivity contribution in [3.63, 3.8) is 0 Å². The van der Waals surface area contributed by atoms with E-state index in [-0.39, 0.29) is 11.9 Å². The molecule has 5 nitrogen and oxygen atoms in total. The Labute approximate surface area is 127 Å². The highest BCUT2D eigenvalue weighted by atomic mass is 16.4. The maximum Gasteiger partial charge on any atom is 0.140 e. The van der Waals surface area contributed by atoms with Gasteiger partial charge in [-0.2, -0.15) is 0 Å². The van der Waals surface area contributed by atoms with Crippen LogP contribution in [0.15, 0.2) is 35.5 Å². The van der Waals surface area contributed by atoms with Crippen molar-refractivity contribution in [3.05, 3.63) is 35.9 Å². The predicted octanol–water partition coefficient (Wildman–Crippen LogP) is 2.01. The van der Waals surface area contributed by atoms with Gasteiger partial charge in [-0.25, -0.2) is 0 Å². The van der Waals surface area contributed by atoms with Gasteiger partial charge in [-0.05, 0) is 38.5 Å². The van der Waals surface area contributed by atoms with Gasteiger partial charge in [0, 0.05) is 19.0 Å². The van der Waals surface area contributed by atoms with E-state index in [1.54, 1.807) is 0 Å². The summed E-state index contributed by atoms with van der Waals surface area (Å²) in [5.74, 6) is 0.288. The molecule has 0 aliphatic carbocycles. The first kappa shape index (κ1) is 17.5. The fraction of sp³-hybridized carbons (Fsp3) is 0.562. The lowest BCUT2D eigenvalue weighted by atomic mass is 10.1. The maximum atomic E-state index is 8.59. The fourth-order valence-corrected chi connectivity index (χ4v) is 2.28. The van der Waals surface area contributed by atoms with Gasteiger partial charge in [-0.3, -0.25) is 0 Å². The summed E-state index contributed by atoms with van der Waals surface area (Å²) >= 11 is 0. The second kappa shape index (κ2) is 10.2. The van der Waals surface area contributed by atoms with Gasteiger partial charge in [0.15, 0.2) is 0 Å². The van der Waals surface area contributed by atoms with E-state index in [2.05, 4.69) is 53.6 Å². The van der Waals surface area contributed by atoms with Crippen LogP contribution in [0.2, 0.25) is 0 Å². The Hall–Kier alpha value is -1.59. The van der Waals surface area contributed by atoms with Crippen LogP contribution in [-0.2, 0) is 6.54 Å². The standard InChI is InChI=1S/C16H28N4O/c1-3-15(12-16(17)19-21)18-10-7-11-20(2)13-14-8-5-4-6-9-14/h4-6,8-9,15,18,21H,3,7,10-13H2,1-2H3,(H2,17,19). The third kappa shape index (κ3) is 7.68. The van der Waals surface area contributed by atoms with E-state index >= 15 is 0 Å². The Balaban J connectivity index is 2.17. The zero-order valence-corrected chi connectivity index (χ0v) is 13.1. The molecule has 1 aromatic rings. The first-order valence-corrected chi connectivity index (χ1v) is 7.58. The SMILES string of the molecule is CCC(CC(N)=NO)NCCCN(C)Cc1ccccc1. The predicted molar refractivity (Wildman–Crippen MR) is 87.5 cm³/mol. The van der Waals surface area contributed by atoms with Crippen LogP contribution in [-0.4, -0.2) is 42.1 Å². The molecule has 0 aliphatic heterocycles. The minimum Gasteiger partial charge on any atom is -0.409 e. The van der Waals surface area contributed by atoms with Crippen LogP contribution in [0.3, 0.4) is 0 Å². The Morgan fingerprint density at radius 1 is 1.38 bits per heavy atom. The van der Waals surface area contributed by atoms with Crippen molar-refractivity contribution < 1.29 is 5.21 Å². The Kier molecular flexibility index (Phi) is 8.47. The number of nitrogens with zero attached hydrogens (tertiary/aromatic N) is 2. The van der Waals surface area contributed by atoms with E-state index in [1.807, 2.05) is 6.07 Å². The van der Waals surface area contributed by atoms with E-state index < -0.39 is 0 Å². The smallest absolute Gasteiger partial charge is 0.140 e. The van der Waals surface area contributed by atoms with Crippen LogP contribution in [0.5, 0.6) is 0 Å². The van der Waals surface area contributed by atoms with Crippen LogP contribution >= 0.6 is 0 Å². The minimum absolute atomic E-state index is 0.278. The molecular formula is C16H28N4O. The van der Waals surface area contributed by atoms with Crippen molar-refractivity contribution in [1.82, 2.24) is 10.2 Å². The van der Waals surface area contributed by atoms with Crippen molar-refractivity contribution in [2.45, 2.75) is 38.8 Å². The van der Waals surface area contributed by atoms with Crippen molar-refractivity contribution in [2.75, 3.05) is 20.1 Å². The summed E-state index contributed by atoms with van der Waals surface area (Å²) < 4.78 is 0. The first-order chi connectivity index (χ1) is 10.2. The quantitative estimate of drug-likeness (QED) is 0.203. The molecule has 0 bridgehead atoms. The monoisotopic (exact) mass is 292 g/mol. The van der Waals surface area contributed by atoms with Gasteiger partial charge >= 0.3 is 0 Å². The Morgan fingerprint density at radius 2 is 2.10 bits per heavy atom. The molecule has 0 fully saturated rings. The number of amidine groups is 1. The lowest BCUT2D eigenvalue weighted by Gasteiger charge is -2.19. The molecule has 4 N–H and O–H groups in total. The fourth-order valence-electron chi connectivity index (χ4n) is 2.28. The molecule has 118 valence electrons. The molecule has 1 aromatic carbocycles. The van der Waals surface area contributed by atoms with Crippen molar-refractivity contribution >= 4 is 5.84 Å². The number of nitrogens with one attached hydrogen (secondary N) is 1. The van der Waals surface area contributed by atoms with E-state index in [0.717, 1.165) is 32.5 Å². The molecule has 1 unspecified atom stereocenters. The zero-order chi connectivity index (χ0) is 15.5. The first-order valence-electron chi connectivity index (χ1n) is 7.58. The van der Waals surface area contributed by atoms with Crippen LogP contribution in [0.4, 0.5) is 0 Å². The molecule has 0 aromatic heterocycles. The van der Waals surface area contributed by atoms with Crippen molar-refractivity contribution in [1.29, 1.82) is 0 Å². The molecule has 0 heterocycles. The number of hydrogen-bond donors (Lipinski definition) is 3. The highest BCUT2D eigenvalue weighted by Crippen LogP contribution is 2.03. The second-order valence-corrected chi connectivity index (χ2v) is 5.43. The van der Waals surface area contributed by atoms with Gasteiger partial charge in [-0.15, -0.1) is 0 Å². The normalized spacial score (nSPS) is 13.6. The van der Waals surface area contributed by atoms with Gasteiger partial charge in [-0.1, -0.05) is 42.4 Å². The minimum atomic E-state index is 0.278. The van der Waals surface area contributed by atoms with E-state index in [1.165, 1.54) is 5.56 Å². The molecule has 0 aliphatic rings. The summed E-state index contributed by atoms with van der Waals surface area (Å²) in [6, 6.07) is 10.8. The lowest BCUT2D eigenvalue weighted by Crippen LogP contribution is -2.35.